The summed E-state index contributed by atoms with van der Waals surface area (Å²) < 4.78 is 2.60. The first-order valence-corrected chi connectivity index (χ1v) is 6.31. The van der Waals surface area contributed by atoms with Crippen molar-refractivity contribution in [3.8, 4) is 0 Å². The number of halogens is 1. The molecule has 0 radical (unpaired) electrons. The molecule has 0 spiro atoms. The van der Waals surface area contributed by atoms with Crippen LogP contribution in [0.5, 0.6) is 0 Å². The van der Waals surface area contributed by atoms with E-state index in [2.05, 4.69) is 17.2 Å². The number of aryl methyl sites for hydroxylation is 1. The fourth-order valence-electron chi connectivity index (χ4n) is 1.53. The van der Waals surface area contributed by atoms with Crippen molar-refractivity contribution in [1.29, 1.82) is 0 Å². The lowest BCUT2D eigenvalue weighted by Gasteiger charge is -2.10. The monoisotopic (exact) mass is 256 g/mol. The second-order valence-electron chi connectivity index (χ2n) is 3.50. The molecule has 2 heterocycles. The average Bonchev–Trinajstić information content (AvgIpc) is 2.87. The predicted molar refractivity (Wildman–Crippen MR) is 65.7 cm³/mol. The summed E-state index contributed by atoms with van der Waals surface area (Å²) in [6.45, 7) is 2.93. The van der Waals surface area contributed by atoms with Gasteiger partial charge in [-0.15, -0.1) is 16.4 Å². The summed E-state index contributed by atoms with van der Waals surface area (Å²) in [5.74, 6) is 0. The molecule has 0 bridgehead atoms. The van der Waals surface area contributed by atoms with Crippen molar-refractivity contribution in [1.82, 2.24) is 15.0 Å². The zero-order valence-electron chi connectivity index (χ0n) is 8.93. The maximum atomic E-state index is 6.16. The van der Waals surface area contributed by atoms with Crippen LogP contribution in [0.1, 0.15) is 30.0 Å². The average molecular weight is 257 g/mol. The van der Waals surface area contributed by atoms with Crippen molar-refractivity contribution in [2.24, 2.45) is 5.73 Å². The molecule has 2 N–H and O–H groups in total. The van der Waals surface area contributed by atoms with E-state index in [1.807, 2.05) is 16.8 Å². The van der Waals surface area contributed by atoms with E-state index in [-0.39, 0.29) is 6.04 Å². The Bertz CT molecular complexity index is 465. The fraction of sp³-hybridized carbons (Fsp3) is 0.400. The van der Waals surface area contributed by atoms with Gasteiger partial charge < -0.3 is 5.73 Å². The molecule has 0 aromatic carbocycles. The third-order valence-electron chi connectivity index (χ3n) is 2.30. The predicted octanol–water partition coefficient (Wildman–Crippen LogP) is 2.45. The van der Waals surface area contributed by atoms with Gasteiger partial charge in [0.1, 0.15) is 0 Å². The van der Waals surface area contributed by atoms with Crippen molar-refractivity contribution >= 4 is 22.9 Å². The number of aromatic nitrogens is 3. The molecule has 86 valence electrons. The molecule has 0 saturated heterocycles. The highest BCUT2D eigenvalue weighted by molar-refractivity contribution is 7.16. The van der Waals surface area contributed by atoms with Gasteiger partial charge in [0.25, 0.3) is 0 Å². The van der Waals surface area contributed by atoms with Gasteiger partial charge in [0, 0.05) is 11.4 Å². The van der Waals surface area contributed by atoms with Gasteiger partial charge in [0.15, 0.2) is 0 Å². The number of thiophene rings is 1. The van der Waals surface area contributed by atoms with Crippen LogP contribution in [0.2, 0.25) is 4.34 Å². The van der Waals surface area contributed by atoms with Gasteiger partial charge in [-0.1, -0.05) is 23.7 Å². The molecule has 0 saturated carbocycles. The van der Waals surface area contributed by atoms with E-state index < -0.39 is 0 Å². The van der Waals surface area contributed by atoms with E-state index in [4.69, 9.17) is 17.3 Å². The van der Waals surface area contributed by atoms with E-state index in [9.17, 15) is 0 Å². The van der Waals surface area contributed by atoms with Crippen LogP contribution < -0.4 is 5.73 Å². The minimum Gasteiger partial charge on any atom is -0.318 e. The van der Waals surface area contributed by atoms with Gasteiger partial charge in [0.05, 0.1) is 22.3 Å². The molecule has 1 unspecified atom stereocenters. The molecule has 6 heteroatoms. The Morgan fingerprint density at radius 3 is 3.00 bits per heavy atom. The molecule has 2 rings (SSSR count). The summed E-state index contributed by atoms with van der Waals surface area (Å²) in [7, 11) is 0. The zero-order chi connectivity index (χ0) is 11.5. The number of rotatable bonds is 4. The lowest BCUT2D eigenvalue weighted by atomic mass is 10.2. The van der Waals surface area contributed by atoms with Crippen LogP contribution >= 0.6 is 22.9 Å². The summed E-state index contributed by atoms with van der Waals surface area (Å²) in [6.07, 6.45) is 2.72. The molecule has 0 aliphatic rings. The van der Waals surface area contributed by atoms with Crippen LogP contribution in [-0.2, 0) is 6.54 Å². The van der Waals surface area contributed by atoms with E-state index >= 15 is 0 Å². The van der Waals surface area contributed by atoms with E-state index in [0.29, 0.717) is 0 Å². The van der Waals surface area contributed by atoms with Crippen molar-refractivity contribution < 1.29 is 0 Å². The lowest BCUT2D eigenvalue weighted by Crippen LogP contribution is -2.16. The largest absolute Gasteiger partial charge is 0.318 e. The normalized spacial score (nSPS) is 12.9. The second-order valence-corrected chi connectivity index (χ2v) is 5.25. The topological polar surface area (TPSA) is 56.7 Å². The third kappa shape index (κ3) is 2.26. The molecule has 1 atom stereocenters. The molecule has 0 aliphatic carbocycles. The van der Waals surface area contributed by atoms with Crippen LogP contribution in [0.15, 0.2) is 18.3 Å². The SMILES string of the molecule is CCCn1nncc1C(N)c1ccc(Cl)s1. The standard InChI is InChI=1S/C10H13ClN4S/c1-2-5-15-7(6-13-14-15)10(12)8-3-4-9(11)16-8/h3-4,6,10H,2,5,12H2,1H3. The van der Waals surface area contributed by atoms with E-state index in [1.54, 1.807) is 6.20 Å². The summed E-state index contributed by atoms with van der Waals surface area (Å²) in [5.41, 5.74) is 7.09. The smallest absolute Gasteiger partial charge is 0.0931 e. The van der Waals surface area contributed by atoms with Crippen LogP contribution in [0.3, 0.4) is 0 Å². The zero-order valence-corrected chi connectivity index (χ0v) is 10.5. The number of nitrogens with zero attached hydrogens (tertiary/aromatic N) is 3. The first-order valence-electron chi connectivity index (χ1n) is 5.11. The Balaban J connectivity index is 2.26. The quantitative estimate of drug-likeness (QED) is 0.914. The summed E-state index contributed by atoms with van der Waals surface area (Å²) in [6, 6.07) is 3.61. The Morgan fingerprint density at radius 1 is 1.56 bits per heavy atom. The van der Waals surface area contributed by atoms with Crippen molar-refractivity contribution in [2.75, 3.05) is 0 Å². The van der Waals surface area contributed by atoms with Crippen molar-refractivity contribution in [2.45, 2.75) is 25.9 Å². The van der Waals surface area contributed by atoms with Crippen LogP contribution in [0.4, 0.5) is 0 Å². The highest BCUT2D eigenvalue weighted by Gasteiger charge is 2.16. The third-order valence-corrected chi connectivity index (χ3v) is 3.62. The Morgan fingerprint density at radius 2 is 2.38 bits per heavy atom. The van der Waals surface area contributed by atoms with Gasteiger partial charge in [-0.3, -0.25) is 0 Å². The van der Waals surface area contributed by atoms with Crippen LogP contribution in [-0.4, -0.2) is 15.0 Å². The van der Waals surface area contributed by atoms with Gasteiger partial charge >= 0.3 is 0 Å². The maximum absolute atomic E-state index is 6.16. The molecule has 16 heavy (non-hydrogen) atoms. The number of hydrogen-bond acceptors (Lipinski definition) is 4. The molecular formula is C10H13ClN4S. The molecule has 4 nitrogen and oxygen atoms in total. The lowest BCUT2D eigenvalue weighted by molar-refractivity contribution is 0.545. The molecular weight excluding hydrogens is 244 g/mol. The summed E-state index contributed by atoms with van der Waals surface area (Å²) in [4.78, 5) is 1.03. The molecule has 0 amide bonds. The van der Waals surface area contributed by atoms with Crippen LogP contribution in [0, 0.1) is 0 Å². The number of hydrogen-bond donors (Lipinski definition) is 1. The van der Waals surface area contributed by atoms with Crippen molar-refractivity contribution in [3.05, 3.63) is 33.2 Å². The maximum Gasteiger partial charge on any atom is 0.0931 e. The molecule has 0 aliphatic heterocycles. The molecule has 2 aromatic heterocycles. The Labute approximate surface area is 103 Å². The summed E-state index contributed by atoms with van der Waals surface area (Å²) >= 11 is 7.38. The van der Waals surface area contributed by atoms with Crippen molar-refractivity contribution in [3.63, 3.8) is 0 Å². The van der Waals surface area contributed by atoms with E-state index in [0.717, 1.165) is 27.9 Å². The highest BCUT2D eigenvalue weighted by atomic mass is 35.5. The van der Waals surface area contributed by atoms with Crippen LogP contribution in [0.25, 0.3) is 0 Å². The molecule has 2 aromatic rings. The number of nitrogens with two attached hydrogens (primary N) is 1. The minimum absolute atomic E-state index is 0.195. The van der Waals surface area contributed by atoms with Gasteiger partial charge in [-0.05, 0) is 18.6 Å². The minimum atomic E-state index is -0.195. The Kier molecular flexibility index (Phi) is 3.58. The van der Waals surface area contributed by atoms with E-state index in [1.165, 1.54) is 11.3 Å². The first-order chi connectivity index (χ1) is 7.72. The first kappa shape index (κ1) is 11.6. The second kappa shape index (κ2) is 4.95. The molecule has 0 fully saturated rings. The summed E-state index contributed by atoms with van der Waals surface area (Å²) in [5, 5.41) is 7.92. The van der Waals surface area contributed by atoms with Gasteiger partial charge in [-0.2, -0.15) is 0 Å². The van der Waals surface area contributed by atoms with Gasteiger partial charge in [0.2, 0.25) is 0 Å². The van der Waals surface area contributed by atoms with Gasteiger partial charge in [-0.25, -0.2) is 4.68 Å². The fourth-order valence-corrected chi connectivity index (χ4v) is 2.61. The highest BCUT2D eigenvalue weighted by Crippen LogP contribution is 2.29. The Hall–Kier alpha value is -0.910.